The molecule has 3 aromatic rings. The van der Waals surface area contributed by atoms with E-state index >= 15 is 0 Å². The predicted octanol–water partition coefficient (Wildman–Crippen LogP) is 0.596. The summed E-state index contributed by atoms with van der Waals surface area (Å²) < 4.78 is 1.46. The summed E-state index contributed by atoms with van der Waals surface area (Å²) >= 11 is 1.51. The molecule has 0 aliphatic heterocycles. The van der Waals surface area contributed by atoms with Crippen LogP contribution in [0.4, 0.5) is 0 Å². The second-order valence-electron chi connectivity index (χ2n) is 7.06. The van der Waals surface area contributed by atoms with Gasteiger partial charge in [0, 0.05) is 0 Å². The van der Waals surface area contributed by atoms with Crippen LogP contribution >= 0.6 is 0 Å². The van der Waals surface area contributed by atoms with Crippen molar-refractivity contribution in [2.75, 3.05) is 0 Å². The van der Waals surface area contributed by atoms with Crippen molar-refractivity contribution in [1.29, 1.82) is 0 Å². The fourth-order valence-electron chi connectivity index (χ4n) is 3.49. The molecule has 0 heterocycles. The first-order valence-electron chi connectivity index (χ1n) is 10.2. The first-order valence-corrected chi connectivity index (χ1v) is 11.5. The maximum Gasteiger partial charge on any atom is -0.0512 e. The van der Waals surface area contributed by atoms with Gasteiger partial charge in [0.1, 0.15) is 0 Å². The molecule has 0 spiro atoms. The maximum absolute atomic E-state index is 2.26. The van der Waals surface area contributed by atoms with Crippen molar-refractivity contribution < 1.29 is 49.0 Å². The molecule has 0 N–H and O–H groups in total. The summed E-state index contributed by atoms with van der Waals surface area (Å²) in [5, 5.41) is 0. The minimum Gasteiger partial charge on any atom is -1.00 e. The first kappa shape index (κ1) is 28.3. The molecule has 3 aromatic carbocycles. The van der Waals surface area contributed by atoms with E-state index in [9.17, 15) is 0 Å². The van der Waals surface area contributed by atoms with Gasteiger partial charge < -0.3 is 24.8 Å². The molecule has 0 bridgehead atoms. The fourth-order valence-corrected chi connectivity index (χ4v) is 3.90. The summed E-state index contributed by atoms with van der Waals surface area (Å²) in [5.74, 6) is 0. The summed E-state index contributed by atoms with van der Waals surface area (Å²) in [6.07, 6.45) is 7.80. The second kappa shape index (κ2) is 16.0. The quantitative estimate of drug-likeness (QED) is 0.457. The molecule has 0 saturated heterocycles. The van der Waals surface area contributed by atoms with E-state index in [-0.39, 0.29) is 24.8 Å². The molecule has 0 unspecified atom stereocenters. The van der Waals surface area contributed by atoms with E-state index in [1.807, 2.05) is 6.07 Å². The molecular formula is C26H32Cl2Zr-2. The third-order valence-electron chi connectivity index (χ3n) is 5.13. The number of halogens is 2. The standard InChI is InChI=1S/C9H11.C9H13.C8H8.2ClH.Zr/c1-2-5-9-7-3-6-8(9)4-1;1-3-8-6-5-7-9(8)4-2;1-2-8-6-4-3-5-7-8;;;/h3,6-7H,1-2,4-5H2;5-7H,3-4H2,1-2H3;3-7H,1H3;2*1H;/q2*-1;;;;+2/p-2. The Balaban J connectivity index is 0.000000392. The summed E-state index contributed by atoms with van der Waals surface area (Å²) in [6.45, 7) is 6.57. The van der Waals surface area contributed by atoms with E-state index in [1.165, 1.54) is 82.7 Å². The largest absolute Gasteiger partial charge is 1.00 e. The topological polar surface area (TPSA) is 0 Å². The number of benzene rings is 1. The van der Waals surface area contributed by atoms with Crippen LogP contribution in [0.3, 0.4) is 0 Å². The third kappa shape index (κ3) is 9.73. The summed E-state index contributed by atoms with van der Waals surface area (Å²) in [6, 6.07) is 23.7. The Kier molecular flexibility index (Phi) is 15.6. The van der Waals surface area contributed by atoms with E-state index < -0.39 is 0 Å². The molecule has 0 aromatic heterocycles. The summed E-state index contributed by atoms with van der Waals surface area (Å²) in [5.41, 5.74) is 7.59. The smallest absolute Gasteiger partial charge is 0.0512 e. The minimum absolute atomic E-state index is 0. The third-order valence-corrected chi connectivity index (χ3v) is 5.83. The van der Waals surface area contributed by atoms with E-state index in [4.69, 9.17) is 0 Å². The van der Waals surface area contributed by atoms with Crippen molar-refractivity contribution >= 4 is 3.21 Å². The molecule has 0 radical (unpaired) electrons. The van der Waals surface area contributed by atoms with Crippen LogP contribution in [0.2, 0.25) is 0 Å². The van der Waals surface area contributed by atoms with Gasteiger partial charge in [-0.05, 0) is 0 Å². The molecule has 0 fully saturated rings. The van der Waals surface area contributed by atoms with Crippen LogP contribution in [-0.2, 0) is 49.9 Å². The Hall–Kier alpha value is -0.747. The molecule has 1 aliphatic carbocycles. The zero-order valence-electron chi connectivity index (χ0n) is 17.8. The Labute approximate surface area is 205 Å². The average Bonchev–Trinajstić information content (AvgIpc) is 3.38. The molecular weight excluding hydrogens is 474 g/mol. The average molecular weight is 507 g/mol. The minimum atomic E-state index is 0. The van der Waals surface area contributed by atoms with E-state index in [1.54, 1.807) is 11.1 Å². The monoisotopic (exact) mass is 504 g/mol. The van der Waals surface area contributed by atoms with Crippen molar-refractivity contribution in [3.05, 3.63) is 94.5 Å². The van der Waals surface area contributed by atoms with Gasteiger partial charge in [0.05, 0.1) is 0 Å². The molecule has 156 valence electrons. The van der Waals surface area contributed by atoms with Gasteiger partial charge in [0.2, 0.25) is 0 Å². The van der Waals surface area contributed by atoms with Gasteiger partial charge >= 0.3 is 70.3 Å². The maximum atomic E-state index is 2.26. The van der Waals surface area contributed by atoms with Crippen LogP contribution < -0.4 is 24.8 Å². The summed E-state index contributed by atoms with van der Waals surface area (Å²) in [4.78, 5) is 0. The normalized spacial score (nSPS) is 11.3. The Morgan fingerprint density at radius 2 is 1.48 bits per heavy atom. The van der Waals surface area contributed by atoms with Crippen LogP contribution in [0.15, 0.2) is 66.7 Å². The number of hydrogen-bond acceptors (Lipinski definition) is 0. The summed E-state index contributed by atoms with van der Waals surface area (Å²) in [7, 11) is 0. The molecule has 0 saturated carbocycles. The van der Waals surface area contributed by atoms with Gasteiger partial charge in [-0.1, -0.05) is 52.4 Å². The van der Waals surface area contributed by atoms with Gasteiger partial charge in [0.15, 0.2) is 0 Å². The van der Waals surface area contributed by atoms with Crippen molar-refractivity contribution in [3.63, 3.8) is 0 Å². The molecule has 0 amide bonds. The van der Waals surface area contributed by atoms with Crippen LogP contribution in [0, 0.1) is 0 Å². The Morgan fingerprint density at radius 1 is 0.897 bits per heavy atom. The zero-order chi connectivity index (χ0) is 19.5. The van der Waals surface area contributed by atoms with Crippen molar-refractivity contribution in [3.8, 4) is 0 Å². The predicted molar refractivity (Wildman–Crippen MR) is 116 cm³/mol. The molecule has 4 rings (SSSR count). The van der Waals surface area contributed by atoms with Crippen LogP contribution in [0.5, 0.6) is 0 Å². The number of hydrogen-bond donors (Lipinski definition) is 0. The number of fused-ring (bicyclic) bond motifs is 1. The van der Waals surface area contributed by atoms with E-state index in [2.05, 4.69) is 81.4 Å². The molecule has 29 heavy (non-hydrogen) atoms. The number of aryl methyl sites for hydroxylation is 4. The van der Waals surface area contributed by atoms with Crippen molar-refractivity contribution in [1.82, 2.24) is 0 Å². The Morgan fingerprint density at radius 3 is 1.97 bits per heavy atom. The van der Waals surface area contributed by atoms with Crippen LogP contribution in [0.25, 0.3) is 0 Å². The fraction of sp³-hybridized carbons (Fsp3) is 0.346. The molecule has 1 aliphatic rings. The van der Waals surface area contributed by atoms with E-state index in [0.717, 1.165) is 0 Å². The zero-order valence-corrected chi connectivity index (χ0v) is 21.8. The van der Waals surface area contributed by atoms with Crippen LogP contribution in [-0.4, -0.2) is 3.21 Å². The molecule has 0 atom stereocenters. The molecule has 0 nitrogen and oxygen atoms in total. The van der Waals surface area contributed by atoms with Gasteiger partial charge in [-0.15, -0.1) is 0 Å². The van der Waals surface area contributed by atoms with Gasteiger partial charge in [-0.25, -0.2) is 6.07 Å². The SMILES string of the molecule is CCc1c[cH-]cc1CC.C[C](=[Zr+2])c1ccccc1.[Cl-].[Cl-].c1cc2c([cH-]1)CCCC2. The van der Waals surface area contributed by atoms with Crippen molar-refractivity contribution in [2.24, 2.45) is 0 Å². The first-order chi connectivity index (χ1) is 13.2. The van der Waals surface area contributed by atoms with Gasteiger partial charge in [-0.3, -0.25) is 0 Å². The second-order valence-corrected chi connectivity index (χ2v) is 8.90. The van der Waals surface area contributed by atoms with E-state index in [0.29, 0.717) is 0 Å². The van der Waals surface area contributed by atoms with Crippen molar-refractivity contribution in [2.45, 2.75) is 59.3 Å². The van der Waals surface area contributed by atoms with Gasteiger partial charge in [-0.2, -0.15) is 52.6 Å². The Bertz CT molecular complexity index is 734. The van der Waals surface area contributed by atoms with Crippen LogP contribution in [0.1, 0.15) is 61.4 Å². The number of rotatable bonds is 3. The molecule has 3 heteroatoms. The van der Waals surface area contributed by atoms with Gasteiger partial charge in [0.25, 0.3) is 0 Å².